The molecule has 1 heterocycles. The molecule has 8 rings (SSSR count). The second-order valence-electron chi connectivity index (χ2n) is 11.1. The van der Waals surface area contributed by atoms with Gasteiger partial charge in [0, 0.05) is 18.0 Å². The van der Waals surface area contributed by atoms with Gasteiger partial charge in [0.1, 0.15) is 0 Å². The highest BCUT2D eigenvalue weighted by atomic mass is 14.6. The molecule has 0 N–H and O–H groups in total. The Balaban J connectivity index is 1.54. The molecular weight excluding hydrogens is 530 g/mol. The molecule has 0 radical (unpaired) electrons. The molecule has 1 heteroatoms. The summed E-state index contributed by atoms with van der Waals surface area (Å²) < 4.78 is 0. The normalized spacial score (nSPS) is 11.2. The third kappa shape index (κ3) is 4.47. The van der Waals surface area contributed by atoms with Gasteiger partial charge in [0.15, 0.2) is 0 Å². The SMILES string of the molecule is c1ccc(-c2cc(-c3c4ccccc4c(-c4ccccc4)c4ccccc34)cc(-c3ccccc3)c2-c2cccnc2)cc1. The molecule has 0 saturated carbocycles. The summed E-state index contributed by atoms with van der Waals surface area (Å²) in [6, 6.07) is 59.0. The van der Waals surface area contributed by atoms with Crippen LogP contribution in [0.5, 0.6) is 0 Å². The Labute approximate surface area is 257 Å². The molecule has 1 nitrogen and oxygen atoms in total. The smallest absolute Gasteiger partial charge is 0.0346 e. The number of hydrogen-bond donors (Lipinski definition) is 0. The number of fused-ring (bicyclic) bond motifs is 2. The molecule has 0 amide bonds. The molecule has 0 atom stereocenters. The summed E-state index contributed by atoms with van der Waals surface area (Å²) in [4.78, 5) is 4.53. The lowest BCUT2D eigenvalue weighted by Gasteiger charge is -2.22. The highest BCUT2D eigenvalue weighted by Crippen LogP contribution is 2.48. The van der Waals surface area contributed by atoms with E-state index < -0.39 is 0 Å². The van der Waals surface area contributed by atoms with Crippen molar-refractivity contribution in [3.05, 3.63) is 176 Å². The van der Waals surface area contributed by atoms with E-state index in [-0.39, 0.29) is 0 Å². The lowest BCUT2D eigenvalue weighted by Crippen LogP contribution is -1.95. The van der Waals surface area contributed by atoms with Gasteiger partial charge in [-0.1, -0.05) is 146 Å². The lowest BCUT2D eigenvalue weighted by molar-refractivity contribution is 1.33. The van der Waals surface area contributed by atoms with Crippen LogP contribution in [0.15, 0.2) is 176 Å². The molecule has 7 aromatic carbocycles. The molecule has 206 valence electrons. The first-order valence-electron chi connectivity index (χ1n) is 15.1. The molecule has 0 unspecified atom stereocenters. The summed E-state index contributed by atoms with van der Waals surface area (Å²) in [6.07, 6.45) is 3.82. The van der Waals surface area contributed by atoms with Crippen molar-refractivity contribution >= 4 is 21.5 Å². The second kappa shape index (κ2) is 11.1. The van der Waals surface area contributed by atoms with Gasteiger partial charge in [-0.2, -0.15) is 0 Å². The van der Waals surface area contributed by atoms with E-state index in [1.807, 2.05) is 18.5 Å². The maximum absolute atomic E-state index is 4.53. The molecule has 0 bridgehead atoms. The van der Waals surface area contributed by atoms with Crippen LogP contribution in [0.4, 0.5) is 0 Å². The first-order chi connectivity index (χ1) is 21.9. The van der Waals surface area contributed by atoms with E-state index >= 15 is 0 Å². The predicted octanol–water partition coefficient (Wildman–Crippen LogP) is 11.7. The summed E-state index contributed by atoms with van der Waals surface area (Å²) in [5.74, 6) is 0. The van der Waals surface area contributed by atoms with E-state index in [0.29, 0.717) is 0 Å². The number of aromatic nitrogens is 1. The van der Waals surface area contributed by atoms with Crippen molar-refractivity contribution in [2.24, 2.45) is 0 Å². The second-order valence-corrected chi connectivity index (χ2v) is 11.1. The Morgan fingerprint density at radius 1 is 0.295 bits per heavy atom. The third-order valence-electron chi connectivity index (χ3n) is 8.54. The Morgan fingerprint density at radius 2 is 0.682 bits per heavy atom. The van der Waals surface area contributed by atoms with Gasteiger partial charge in [-0.05, 0) is 89.8 Å². The monoisotopic (exact) mass is 559 g/mol. The third-order valence-corrected chi connectivity index (χ3v) is 8.54. The zero-order chi connectivity index (χ0) is 29.3. The number of benzene rings is 7. The van der Waals surface area contributed by atoms with Crippen molar-refractivity contribution in [2.75, 3.05) is 0 Å². The molecule has 0 aliphatic carbocycles. The molecule has 1 aromatic heterocycles. The zero-order valence-corrected chi connectivity index (χ0v) is 24.2. The van der Waals surface area contributed by atoms with Crippen LogP contribution in [0.1, 0.15) is 0 Å². The molecule has 44 heavy (non-hydrogen) atoms. The van der Waals surface area contributed by atoms with Gasteiger partial charge < -0.3 is 0 Å². The molecule has 0 fully saturated rings. The van der Waals surface area contributed by atoms with Crippen molar-refractivity contribution in [3.8, 4) is 55.6 Å². The fourth-order valence-corrected chi connectivity index (χ4v) is 6.65. The Morgan fingerprint density at radius 3 is 1.11 bits per heavy atom. The summed E-state index contributed by atoms with van der Waals surface area (Å²) in [5, 5.41) is 5.01. The average molecular weight is 560 g/mol. The highest BCUT2D eigenvalue weighted by Gasteiger charge is 2.21. The zero-order valence-electron chi connectivity index (χ0n) is 24.2. The van der Waals surface area contributed by atoms with Gasteiger partial charge in [-0.15, -0.1) is 0 Å². The molecule has 0 aliphatic heterocycles. The van der Waals surface area contributed by atoms with Crippen molar-refractivity contribution in [1.82, 2.24) is 4.98 Å². The number of pyridine rings is 1. The fraction of sp³-hybridized carbons (Fsp3) is 0. The van der Waals surface area contributed by atoms with Gasteiger partial charge in [0.05, 0.1) is 0 Å². The van der Waals surface area contributed by atoms with Crippen LogP contribution in [-0.2, 0) is 0 Å². The number of nitrogens with zero attached hydrogens (tertiary/aromatic N) is 1. The summed E-state index contributed by atoms with van der Waals surface area (Å²) >= 11 is 0. The van der Waals surface area contributed by atoms with Gasteiger partial charge in [-0.3, -0.25) is 4.98 Å². The van der Waals surface area contributed by atoms with Gasteiger partial charge in [-0.25, -0.2) is 0 Å². The molecule has 0 spiro atoms. The summed E-state index contributed by atoms with van der Waals surface area (Å²) in [5.41, 5.74) is 12.0. The number of hydrogen-bond acceptors (Lipinski definition) is 1. The minimum atomic E-state index is 1.10. The van der Waals surface area contributed by atoms with E-state index in [0.717, 1.165) is 5.56 Å². The van der Waals surface area contributed by atoms with Gasteiger partial charge in [0.2, 0.25) is 0 Å². The largest absolute Gasteiger partial charge is 0.264 e. The minimum absolute atomic E-state index is 1.10. The minimum Gasteiger partial charge on any atom is -0.264 e. The molecular formula is C43H29N. The quantitative estimate of drug-likeness (QED) is 0.191. The van der Waals surface area contributed by atoms with E-state index in [1.165, 1.54) is 71.6 Å². The van der Waals surface area contributed by atoms with Crippen molar-refractivity contribution in [3.63, 3.8) is 0 Å². The van der Waals surface area contributed by atoms with E-state index in [2.05, 4.69) is 163 Å². The standard InChI is InChI=1S/C43H29N/c1-4-15-30(16-5-1)39-27-34(28-40(31-17-6-2-7-18-31)42(39)33-21-14-26-44-29-33)43-37-24-12-10-22-35(37)41(32-19-8-3-9-20-32)36-23-11-13-25-38(36)43/h1-29H. The maximum atomic E-state index is 4.53. The number of rotatable bonds is 5. The van der Waals surface area contributed by atoms with E-state index in [9.17, 15) is 0 Å². The maximum Gasteiger partial charge on any atom is 0.0346 e. The highest BCUT2D eigenvalue weighted by molar-refractivity contribution is 6.22. The van der Waals surface area contributed by atoms with Crippen molar-refractivity contribution in [1.29, 1.82) is 0 Å². The molecule has 0 aliphatic rings. The summed E-state index contributed by atoms with van der Waals surface area (Å²) in [6.45, 7) is 0. The van der Waals surface area contributed by atoms with E-state index in [4.69, 9.17) is 0 Å². The van der Waals surface area contributed by atoms with Crippen LogP contribution < -0.4 is 0 Å². The average Bonchev–Trinajstić information content (AvgIpc) is 3.11. The van der Waals surface area contributed by atoms with Crippen molar-refractivity contribution in [2.45, 2.75) is 0 Å². The molecule has 8 aromatic rings. The Bertz CT molecular complexity index is 2120. The van der Waals surface area contributed by atoms with Gasteiger partial charge in [0.25, 0.3) is 0 Å². The topological polar surface area (TPSA) is 12.9 Å². The van der Waals surface area contributed by atoms with Crippen LogP contribution in [0.3, 0.4) is 0 Å². The first-order valence-corrected chi connectivity index (χ1v) is 15.1. The Kier molecular flexibility index (Phi) is 6.55. The van der Waals surface area contributed by atoms with Gasteiger partial charge >= 0.3 is 0 Å². The van der Waals surface area contributed by atoms with Crippen LogP contribution in [-0.4, -0.2) is 4.98 Å². The van der Waals surface area contributed by atoms with E-state index in [1.54, 1.807) is 0 Å². The summed E-state index contributed by atoms with van der Waals surface area (Å²) in [7, 11) is 0. The van der Waals surface area contributed by atoms with Crippen LogP contribution in [0.25, 0.3) is 77.2 Å². The lowest BCUT2D eigenvalue weighted by atomic mass is 9.82. The predicted molar refractivity (Wildman–Crippen MR) is 186 cm³/mol. The van der Waals surface area contributed by atoms with Crippen LogP contribution >= 0.6 is 0 Å². The first kappa shape index (κ1) is 25.9. The fourth-order valence-electron chi connectivity index (χ4n) is 6.65. The Hall–Kier alpha value is -5.79. The molecule has 0 saturated heterocycles. The van der Waals surface area contributed by atoms with Crippen LogP contribution in [0, 0.1) is 0 Å². The van der Waals surface area contributed by atoms with Crippen molar-refractivity contribution < 1.29 is 0 Å². The van der Waals surface area contributed by atoms with Crippen LogP contribution in [0.2, 0.25) is 0 Å².